The number of aromatic carboxylic acids is 1. The van der Waals surface area contributed by atoms with Crippen molar-refractivity contribution in [2.45, 2.75) is 46.8 Å². The number of amides is 1. The summed E-state index contributed by atoms with van der Waals surface area (Å²) < 4.78 is 10.9. The number of aliphatic hydroxyl groups excluding tert-OH is 1. The number of hydrogen-bond acceptors (Lipinski definition) is 6. The summed E-state index contributed by atoms with van der Waals surface area (Å²) in [5.41, 5.74) is 5.61. The average molecular weight is 687 g/mol. The zero-order valence-electron chi connectivity index (χ0n) is 23.9. The molecule has 0 radical (unpaired) electrons. The first kappa shape index (κ1) is 33.3. The van der Waals surface area contributed by atoms with Crippen molar-refractivity contribution < 1.29 is 29.3 Å². The number of carboxylic acids is 1. The number of nitrogens with one attached hydrogen (secondary N) is 1. The second-order valence-corrected chi connectivity index (χ2v) is 13.8. The molecule has 45 heavy (non-hydrogen) atoms. The highest BCUT2D eigenvalue weighted by molar-refractivity contribution is 7.99. The van der Waals surface area contributed by atoms with Crippen LogP contribution in [0.2, 0.25) is 0 Å². The van der Waals surface area contributed by atoms with Gasteiger partial charge < -0.3 is 25.0 Å². The number of halogens is 3. The van der Waals surface area contributed by atoms with E-state index >= 15 is 0 Å². The normalized spacial score (nSPS) is 18.4. The van der Waals surface area contributed by atoms with Crippen LogP contribution in [0.4, 0.5) is 0 Å². The summed E-state index contributed by atoms with van der Waals surface area (Å²) in [6, 6.07) is 30.0. The Labute approximate surface area is 280 Å². The van der Waals surface area contributed by atoms with Crippen LogP contribution >= 0.6 is 46.6 Å². The third-order valence-electron chi connectivity index (χ3n) is 7.36. The summed E-state index contributed by atoms with van der Waals surface area (Å²) in [6.45, 7) is 0.154. The molecule has 4 aromatic carbocycles. The molecule has 1 aliphatic heterocycles. The molecule has 4 aromatic rings. The molecule has 1 amide bonds. The number of thioether (sulfide) groups is 1. The van der Waals surface area contributed by atoms with E-state index in [9.17, 15) is 19.8 Å². The van der Waals surface area contributed by atoms with Gasteiger partial charge in [-0.25, -0.2) is 4.79 Å². The van der Waals surface area contributed by atoms with Gasteiger partial charge in [0, 0.05) is 29.2 Å². The van der Waals surface area contributed by atoms with Gasteiger partial charge in [0.15, 0.2) is 6.29 Å². The maximum atomic E-state index is 12.1. The van der Waals surface area contributed by atoms with Crippen molar-refractivity contribution >= 4 is 58.4 Å². The van der Waals surface area contributed by atoms with E-state index in [2.05, 4.69) is 5.32 Å². The molecule has 0 aromatic heterocycles. The minimum atomic E-state index is -2.04. The zero-order chi connectivity index (χ0) is 32.0. The Balaban J connectivity index is 1.33. The van der Waals surface area contributed by atoms with E-state index in [0.29, 0.717) is 12.2 Å². The van der Waals surface area contributed by atoms with Crippen LogP contribution in [0.5, 0.6) is 0 Å². The Kier molecular flexibility index (Phi) is 11.1. The molecule has 234 valence electrons. The number of ether oxygens (including phenoxy) is 2. The van der Waals surface area contributed by atoms with Crippen LogP contribution in [0.25, 0.3) is 11.1 Å². The lowest BCUT2D eigenvalue weighted by Gasteiger charge is -2.36. The molecule has 3 unspecified atom stereocenters. The Morgan fingerprint density at radius 3 is 2.18 bits per heavy atom. The molecular weight excluding hydrogens is 657 g/mol. The van der Waals surface area contributed by atoms with Gasteiger partial charge in [0.05, 0.1) is 24.4 Å². The van der Waals surface area contributed by atoms with Crippen LogP contribution in [-0.4, -0.2) is 37.7 Å². The fourth-order valence-corrected chi connectivity index (χ4v) is 6.08. The smallest absolute Gasteiger partial charge is 0.335 e. The molecular formula is C34H30Cl3NO6S. The van der Waals surface area contributed by atoms with Gasteiger partial charge in [0.2, 0.25) is 0 Å². The summed E-state index contributed by atoms with van der Waals surface area (Å²) >= 11 is 18.7. The Hall–Kier alpha value is -3.08. The van der Waals surface area contributed by atoms with Crippen LogP contribution in [0, 0.1) is 0 Å². The summed E-state index contributed by atoms with van der Waals surface area (Å²) in [5.74, 6) is -1.02. The van der Waals surface area contributed by atoms with Crippen molar-refractivity contribution in [2.24, 2.45) is 0 Å². The van der Waals surface area contributed by atoms with Gasteiger partial charge in [-0.3, -0.25) is 4.79 Å². The van der Waals surface area contributed by atoms with Gasteiger partial charge in [-0.15, -0.1) is 11.8 Å². The first-order valence-corrected chi connectivity index (χ1v) is 16.2. The maximum Gasteiger partial charge on any atom is 0.335 e. The summed E-state index contributed by atoms with van der Waals surface area (Å²) in [7, 11) is 0. The standard InChI is InChI=1S/C34H30Cl3NO6S/c35-34(36,37)33(42)38-18-26-3-1-2-4-29(26)22-9-11-25(12-10-22)32-43-27(20-45-28-15-13-24(14-16-28)31(40)41)17-30(44-32)23-7-5-21(19-39)6-8-23/h1-16,27,30,32,39H,17-20H2,(H,38,42)(H,40,41). The lowest BCUT2D eigenvalue weighted by atomic mass is 9.98. The van der Waals surface area contributed by atoms with E-state index in [1.807, 2.05) is 72.8 Å². The fraction of sp³-hybridized carbons (Fsp3) is 0.235. The van der Waals surface area contributed by atoms with Gasteiger partial charge in [-0.05, 0) is 52.1 Å². The quantitative estimate of drug-likeness (QED) is 0.115. The molecule has 0 saturated carbocycles. The van der Waals surface area contributed by atoms with Crippen molar-refractivity contribution in [2.75, 3.05) is 5.75 Å². The molecule has 11 heteroatoms. The van der Waals surface area contributed by atoms with Crippen molar-refractivity contribution in [1.82, 2.24) is 5.32 Å². The van der Waals surface area contributed by atoms with Crippen molar-refractivity contribution in [3.63, 3.8) is 0 Å². The summed E-state index contributed by atoms with van der Waals surface area (Å²) in [5, 5.41) is 21.3. The number of carbonyl (C=O) groups excluding carboxylic acids is 1. The second-order valence-electron chi connectivity index (χ2n) is 10.5. The third kappa shape index (κ3) is 8.80. The van der Waals surface area contributed by atoms with Gasteiger partial charge in [0.25, 0.3) is 9.70 Å². The van der Waals surface area contributed by atoms with Crippen LogP contribution in [0.1, 0.15) is 51.4 Å². The maximum absolute atomic E-state index is 12.1. The van der Waals surface area contributed by atoms with Gasteiger partial charge >= 0.3 is 5.97 Å². The van der Waals surface area contributed by atoms with Gasteiger partial charge in [0.1, 0.15) is 0 Å². The lowest BCUT2D eigenvalue weighted by molar-refractivity contribution is -0.245. The Bertz CT molecular complexity index is 1610. The molecule has 5 rings (SSSR count). The molecule has 3 atom stereocenters. The van der Waals surface area contributed by atoms with Crippen LogP contribution < -0.4 is 5.32 Å². The minimum Gasteiger partial charge on any atom is -0.478 e. The van der Waals surface area contributed by atoms with E-state index in [1.54, 1.807) is 36.0 Å². The van der Waals surface area contributed by atoms with Gasteiger partial charge in [-0.2, -0.15) is 0 Å². The minimum absolute atomic E-state index is 0.0355. The van der Waals surface area contributed by atoms with Crippen LogP contribution in [0.3, 0.4) is 0 Å². The molecule has 1 fully saturated rings. The molecule has 1 saturated heterocycles. The van der Waals surface area contributed by atoms with E-state index in [1.165, 1.54) is 0 Å². The number of carboxylic acid groups (broad SMARTS) is 1. The topological polar surface area (TPSA) is 105 Å². The van der Waals surface area contributed by atoms with Crippen molar-refractivity contribution in [3.05, 3.63) is 125 Å². The fourth-order valence-electron chi connectivity index (χ4n) is 4.96. The van der Waals surface area contributed by atoms with E-state index < -0.39 is 22.0 Å². The number of carbonyl (C=O) groups is 2. The highest BCUT2D eigenvalue weighted by Crippen LogP contribution is 2.40. The SMILES string of the molecule is O=C(O)c1ccc(SCC2CC(c3ccc(CO)cc3)OC(c3ccc(-c4ccccc4CNC(=O)C(Cl)(Cl)Cl)cc3)O2)cc1. The van der Waals surface area contributed by atoms with E-state index in [4.69, 9.17) is 44.3 Å². The lowest BCUT2D eigenvalue weighted by Crippen LogP contribution is -2.34. The van der Waals surface area contributed by atoms with Crippen LogP contribution in [-0.2, 0) is 27.4 Å². The summed E-state index contributed by atoms with van der Waals surface area (Å²) in [4.78, 5) is 24.3. The number of benzene rings is 4. The van der Waals surface area contributed by atoms with E-state index in [-0.39, 0.29) is 30.9 Å². The molecule has 3 N–H and O–H groups in total. The predicted octanol–water partition coefficient (Wildman–Crippen LogP) is 7.87. The van der Waals surface area contributed by atoms with Crippen molar-refractivity contribution in [1.29, 1.82) is 0 Å². The third-order valence-corrected chi connectivity index (χ3v) is 9.02. The Morgan fingerprint density at radius 1 is 0.867 bits per heavy atom. The van der Waals surface area contributed by atoms with Gasteiger partial charge in [-0.1, -0.05) is 108 Å². The van der Waals surface area contributed by atoms with E-state index in [0.717, 1.165) is 38.3 Å². The summed E-state index contributed by atoms with van der Waals surface area (Å²) in [6.07, 6.45) is -0.398. The Morgan fingerprint density at radius 2 is 1.53 bits per heavy atom. The van der Waals surface area contributed by atoms with Crippen molar-refractivity contribution in [3.8, 4) is 11.1 Å². The number of hydrogen-bond donors (Lipinski definition) is 3. The predicted molar refractivity (Wildman–Crippen MR) is 177 cm³/mol. The molecule has 1 heterocycles. The number of alkyl halides is 3. The molecule has 0 aliphatic carbocycles. The molecule has 0 spiro atoms. The first-order chi connectivity index (χ1) is 21.6. The second kappa shape index (κ2) is 15.0. The molecule has 7 nitrogen and oxygen atoms in total. The highest BCUT2D eigenvalue weighted by Gasteiger charge is 2.33. The number of aliphatic hydroxyl groups is 1. The highest BCUT2D eigenvalue weighted by atomic mass is 35.6. The molecule has 1 aliphatic rings. The first-order valence-electron chi connectivity index (χ1n) is 14.1. The average Bonchev–Trinajstić information content (AvgIpc) is 3.06. The number of rotatable bonds is 10. The largest absolute Gasteiger partial charge is 0.478 e. The molecule has 0 bridgehead atoms. The zero-order valence-corrected chi connectivity index (χ0v) is 27.0. The monoisotopic (exact) mass is 685 g/mol. The van der Waals surface area contributed by atoms with Crippen LogP contribution in [0.15, 0.2) is 102 Å².